The van der Waals surface area contributed by atoms with E-state index in [-0.39, 0.29) is 5.38 Å². The molecule has 1 aromatic rings. The van der Waals surface area contributed by atoms with Crippen molar-refractivity contribution in [2.45, 2.75) is 86.2 Å². The minimum Gasteiger partial charge on any atom is -0.496 e. The molecule has 0 N–H and O–H groups in total. The van der Waals surface area contributed by atoms with Crippen LogP contribution in [0.4, 0.5) is 0 Å². The molecule has 30 heavy (non-hydrogen) atoms. The fourth-order valence-corrected chi connectivity index (χ4v) is 11.2. The quantitative estimate of drug-likeness (QED) is 0.329. The van der Waals surface area contributed by atoms with Crippen LogP contribution in [0, 0.1) is 0 Å². The van der Waals surface area contributed by atoms with Crippen LogP contribution in [0.25, 0.3) is 5.57 Å². The second-order valence-corrected chi connectivity index (χ2v) is 12.4. The SMILES string of the molecule is COC1=C(c2ccccc2)C(OC)(P(C2CCCCC2)C2CCCCC2)C(Cl)C=C1. The maximum absolute atomic E-state index is 7.25. The minimum absolute atomic E-state index is 0.174. The van der Waals surface area contributed by atoms with Gasteiger partial charge in [-0.05, 0) is 48.6 Å². The van der Waals surface area contributed by atoms with Crippen LogP contribution < -0.4 is 0 Å². The average Bonchev–Trinajstić information content (AvgIpc) is 2.82. The Labute approximate surface area is 188 Å². The summed E-state index contributed by atoms with van der Waals surface area (Å²) in [5.74, 6) is 0.916. The van der Waals surface area contributed by atoms with E-state index in [1.165, 1.54) is 75.3 Å². The number of ether oxygens (including phenoxy) is 2. The van der Waals surface area contributed by atoms with Gasteiger partial charge in [0.1, 0.15) is 11.1 Å². The van der Waals surface area contributed by atoms with Crippen molar-refractivity contribution in [3.63, 3.8) is 0 Å². The average molecular weight is 447 g/mol. The molecule has 4 rings (SSSR count). The van der Waals surface area contributed by atoms with Crippen LogP contribution in [0.5, 0.6) is 0 Å². The summed E-state index contributed by atoms with van der Waals surface area (Å²) in [7, 11) is 3.20. The molecular formula is C26H36ClO2P. The van der Waals surface area contributed by atoms with Crippen molar-refractivity contribution >= 4 is 25.1 Å². The Kier molecular flexibility index (Phi) is 7.61. The first-order valence-corrected chi connectivity index (χ1v) is 13.6. The van der Waals surface area contributed by atoms with Crippen molar-refractivity contribution in [3.05, 3.63) is 53.8 Å². The molecule has 2 atom stereocenters. The van der Waals surface area contributed by atoms with Crippen LogP contribution in [-0.2, 0) is 9.47 Å². The molecule has 0 amide bonds. The van der Waals surface area contributed by atoms with E-state index in [2.05, 4.69) is 42.5 Å². The van der Waals surface area contributed by atoms with Crippen LogP contribution in [0.15, 0.2) is 48.2 Å². The largest absolute Gasteiger partial charge is 0.496 e. The van der Waals surface area contributed by atoms with Gasteiger partial charge in [0.2, 0.25) is 0 Å². The molecule has 1 aromatic carbocycles. The molecular weight excluding hydrogens is 411 g/mol. The molecule has 164 valence electrons. The van der Waals surface area contributed by atoms with Crippen LogP contribution >= 0.6 is 19.5 Å². The lowest BCUT2D eigenvalue weighted by atomic mass is 9.92. The summed E-state index contributed by atoms with van der Waals surface area (Å²) < 4.78 is 12.6. The van der Waals surface area contributed by atoms with E-state index in [0.717, 1.165) is 17.1 Å². The van der Waals surface area contributed by atoms with Crippen LogP contribution in [-0.4, -0.2) is 36.3 Å². The summed E-state index contributed by atoms with van der Waals surface area (Å²) in [5.41, 5.74) is 3.81. The van der Waals surface area contributed by atoms with E-state index in [1.807, 2.05) is 7.11 Å². The zero-order valence-corrected chi connectivity index (χ0v) is 20.1. The highest BCUT2D eigenvalue weighted by atomic mass is 35.5. The summed E-state index contributed by atoms with van der Waals surface area (Å²) >= 11 is 7.25. The molecule has 0 saturated heterocycles. The summed E-state index contributed by atoms with van der Waals surface area (Å²) in [5, 5.41) is -0.672. The Morgan fingerprint density at radius 3 is 1.93 bits per heavy atom. The number of hydrogen-bond acceptors (Lipinski definition) is 2. The van der Waals surface area contributed by atoms with Gasteiger partial charge >= 0.3 is 0 Å². The summed E-state index contributed by atoms with van der Waals surface area (Å²) in [6.45, 7) is 0. The lowest BCUT2D eigenvalue weighted by molar-refractivity contribution is 0.111. The van der Waals surface area contributed by atoms with Gasteiger partial charge in [-0.15, -0.1) is 11.6 Å². The van der Waals surface area contributed by atoms with Crippen LogP contribution in [0.3, 0.4) is 0 Å². The summed E-state index contributed by atoms with van der Waals surface area (Å²) in [4.78, 5) is 0. The highest BCUT2D eigenvalue weighted by Crippen LogP contribution is 2.70. The van der Waals surface area contributed by atoms with Crippen LogP contribution in [0.2, 0.25) is 0 Å². The molecule has 0 aromatic heterocycles. The van der Waals surface area contributed by atoms with Crippen LogP contribution in [0.1, 0.15) is 69.8 Å². The fourth-order valence-electron chi connectivity index (χ4n) is 5.97. The Bertz CT molecular complexity index is 732. The molecule has 0 aliphatic heterocycles. The van der Waals surface area contributed by atoms with Gasteiger partial charge < -0.3 is 9.47 Å². The Morgan fingerprint density at radius 1 is 0.867 bits per heavy atom. The van der Waals surface area contributed by atoms with Crippen molar-refractivity contribution < 1.29 is 9.47 Å². The second kappa shape index (κ2) is 10.2. The van der Waals surface area contributed by atoms with Gasteiger partial charge in [-0.1, -0.05) is 82.9 Å². The Morgan fingerprint density at radius 2 is 1.43 bits per heavy atom. The predicted molar refractivity (Wildman–Crippen MR) is 130 cm³/mol. The fraction of sp³-hybridized carbons (Fsp3) is 0.615. The molecule has 0 radical (unpaired) electrons. The van der Waals surface area contributed by atoms with E-state index in [9.17, 15) is 0 Å². The minimum atomic E-state index is -0.498. The molecule has 2 nitrogen and oxygen atoms in total. The summed E-state index contributed by atoms with van der Waals surface area (Å²) in [6.07, 6.45) is 17.6. The predicted octanol–water partition coefficient (Wildman–Crippen LogP) is 7.71. The maximum atomic E-state index is 7.25. The number of rotatable bonds is 6. The van der Waals surface area contributed by atoms with Gasteiger partial charge in [0.05, 0.1) is 12.5 Å². The lowest BCUT2D eigenvalue weighted by Gasteiger charge is -2.53. The first kappa shape index (κ1) is 22.4. The summed E-state index contributed by atoms with van der Waals surface area (Å²) in [6, 6.07) is 10.7. The molecule has 3 aliphatic rings. The van der Waals surface area contributed by atoms with Gasteiger partial charge in [0.15, 0.2) is 0 Å². The number of halogens is 1. The third-order valence-corrected chi connectivity index (χ3v) is 12.0. The lowest BCUT2D eigenvalue weighted by Crippen LogP contribution is -2.47. The molecule has 0 spiro atoms. The van der Waals surface area contributed by atoms with Gasteiger partial charge in [-0.25, -0.2) is 0 Å². The zero-order chi connectivity index (χ0) is 21.0. The topological polar surface area (TPSA) is 18.5 Å². The van der Waals surface area contributed by atoms with Gasteiger partial charge in [0.25, 0.3) is 0 Å². The second-order valence-electron chi connectivity index (χ2n) is 8.96. The highest BCUT2D eigenvalue weighted by Gasteiger charge is 2.55. The third-order valence-electron chi connectivity index (χ3n) is 7.31. The van der Waals surface area contributed by atoms with E-state index >= 15 is 0 Å². The van der Waals surface area contributed by atoms with Crippen molar-refractivity contribution in [2.24, 2.45) is 0 Å². The number of methoxy groups -OCH3 is 2. The molecule has 4 heteroatoms. The number of benzene rings is 1. The third kappa shape index (κ3) is 4.13. The number of alkyl halides is 1. The van der Waals surface area contributed by atoms with E-state index < -0.39 is 13.3 Å². The van der Waals surface area contributed by atoms with E-state index in [0.29, 0.717) is 0 Å². The van der Waals surface area contributed by atoms with Crippen molar-refractivity contribution in [1.82, 2.24) is 0 Å². The van der Waals surface area contributed by atoms with Gasteiger partial charge in [-0.3, -0.25) is 0 Å². The normalized spacial score (nSPS) is 28.9. The van der Waals surface area contributed by atoms with Gasteiger partial charge in [0, 0.05) is 12.7 Å². The highest BCUT2D eigenvalue weighted by molar-refractivity contribution is 7.61. The van der Waals surface area contributed by atoms with E-state index in [1.54, 1.807) is 7.11 Å². The Hall–Kier alpha value is -0.820. The first-order chi connectivity index (χ1) is 14.7. The first-order valence-electron chi connectivity index (χ1n) is 11.7. The number of hydrogen-bond donors (Lipinski definition) is 0. The molecule has 3 aliphatic carbocycles. The monoisotopic (exact) mass is 446 g/mol. The zero-order valence-electron chi connectivity index (χ0n) is 18.5. The van der Waals surface area contributed by atoms with Gasteiger partial charge in [-0.2, -0.15) is 0 Å². The van der Waals surface area contributed by atoms with Crippen molar-refractivity contribution in [1.29, 1.82) is 0 Å². The van der Waals surface area contributed by atoms with Crippen molar-refractivity contribution in [3.8, 4) is 0 Å². The molecule has 0 heterocycles. The molecule has 2 saturated carbocycles. The smallest absolute Gasteiger partial charge is 0.136 e. The Balaban J connectivity index is 1.89. The maximum Gasteiger partial charge on any atom is 0.136 e. The van der Waals surface area contributed by atoms with Crippen molar-refractivity contribution in [2.75, 3.05) is 14.2 Å². The molecule has 0 bridgehead atoms. The standard InChI is InChI=1S/C26H36ClO2P/c1-28-23-18-19-24(27)26(29-2,25(23)20-12-6-3-7-13-20)30(21-14-8-4-9-15-21)22-16-10-5-11-17-22/h3,6-7,12-13,18-19,21-22,24H,4-5,8-11,14-17H2,1-2H3. The molecule has 2 fully saturated rings. The number of allylic oxidation sites excluding steroid dienone is 1. The van der Waals surface area contributed by atoms with E-state index in [4.69, 9.17) is 21.1 Å². The molecule has 2 unspecified atom stereocenters.